The summed E-state index contributed by atoms with van der Waals surface area (Å²) in [6.07, 6.45) is -5.61. The summed E-state index contributed by atoms with van der Waals surface area (Å²) in [5.74, 6) is -0.961. The molecule has 0 bridgehead atoms. The predicted molar refractivity (Wildman–Crippen MR) is 57.8 cm³/mol. The van der Waals surface area contributed by atoms with Crippen LogP contribution >= 0.6 is 12.4 Å². The molecule has 0 radical (unpaired) electrons. The van der Waals surface area contributed by atoms with Gasteiger partial charge < -0.3 is 10.5 Å². The summed E-state index contributed by atoms with van der Waals surface area (Å²) in [6.45, 7) is 0. The molecule has 2 N–H and O–H groups in total. The van der Waals surface area contributed by atoms with Gasteiger partial charge in [0.1, 0.15) is 0 Å². The number of nitrogens with two attached hydrogens (primary N) is 1. The summed E-state index contributed by atoms with van der Waals surface area (Å²) in [5.41, 5.74) is 5.37. The molecular weight excluding hydrogens is 262 g/mol. The molecule has 7 heteroatoms. The van der Waals surface area contributed by atoms with E-state index in [2.05, 4.69) is 4.74 Å². The van der Waals surface area contributed by atoms with Crippen molar-refractivity contribution < 1.29 is 22.3 Å². The summed E-state index contributed by atoms with van der Waals surface area (Å²) in [7, 11) is 1.18. The fourth-order valence-electron chi connectivity index (χ4n) is 1.39. The maximum Gasteiger partial charge on any atom is 0.390 e. The standard InChI is InChI=1S/C10H11F4NO.ClH/c1-16-9-6(3-2-4-7(9)11)8(15)5-10(12,13)14;/h2-4,8H,5,15H2,1H3;1H/t8-;/m0./s1. The Labute approximate surface area is 102 Å². The minimum absolute atomic E-state index is 0. The lowest BCUT2D eigenvalue weighted by molar-refractivity contribution is -0.138. The van der Waals surface area contributed by atoms with Gasteiger partial charge in [0.25, 0.3) is 0 Å². The van der Waals surface area contributed by atoms with E-state index in [-0.39, 0.29) is 23.7 Å². The van der Waals surface area contributed by atoms with E-state index in [1.54, 1.807) is 0 Å². The second kappa shape index (κ2) is 6.07. The first-order valence-electron chi connectivity index (χ1n) is 4.50. The molecule has 0 heterocycles. The normalized spacial score (nSPS) is 12.8. The van der Waals surface area contributed by atoms with E-state index >= 15 is 0 Å². The van der Waals surface area contributed by atoms with Crippen molar-refractivity contribution in [1.82, 2.24) is 0 Å². The van der Waals surface area contributed by atoms with Crippen LogP contribution in [0.3, 0.4) is 0 Å². The summed E-state index contributed by atoms with van der Waals surface area (Å²) in [5, 5.41) is 0. The Bertz CT molecular complexity index is 370. The quantitative estimate of drug-likeness (QED) is 0.859. The van der Waals surface area contributed by atoms with Gasteiger partial charge >= 0.3 is 6.18 Å². The Morgan fingerprint density at radius 2 is 1.94 bits per heavy atom. The number of ether oxygens (including phenoxy) is 1. The van der Waals surface area contributed by atoms with Crippen molar-refractivity contribution in [1.29, 1.82) is 0 Å². The van der Waals surface area contributed by atoms with Gasteiger partial charge in [-0.25, -0.2) is 4.39 Å². The van der Waals surface area contributed by atoms with Crippen molar-refractivity contribution in [3.05, 3.63) is 29.6 Å². The van der Waals surface area contributed by atoms with Crippen molar-refractivity contribution in [2.75, 3.05) is 7.11 Å². The Morgan fingerprint density at radius 3 is 2.41 bits per heavy atom. The first kappa shape index (κ1) is 16.0. The van der Waals surface area contributed by atoms with Crippen molar-refractivity contribution in [3.8, 4) is 5.75 Å². The highest BCUT2D eigenvalue weighted by atomic mass is 35.5. The van der Waals surface area contributed by atoms with Crippen LogP contribution < -0.4 is 10.5 Å². The van der Waals surface area contributed by atoms with Gasteiger partial charge in [0, 0.05) is 11.6 Å². The van der Waals surface area contributed by atoms with Crippen LogP contribution in [0.15, 0.2) is 18.2 Å². The lowest BCUT2D eigenvalue weighted by Crippen LogP contribution is -2.21. The maximum atomic E-state index is 13.2. The van der Waals surface area contributed by atoms with Crippen LogP contribution in [0.2, 0.25) is 0 Å². The molecule has 0 unspecified atom stereocenters. The molecule has 98 valence electrons. The SMILES string of the molecule is COc1c(F)cccc1[C@@H](N)CC(F)(F)F.Cl. The van der Waals surface area contributed by atoms with E-state index in [0.29, 0.717) is 0 Å². The fraction of sp³-hybridized carbons (Fsp3) is 0.400. The largest absolute Gasteiger partial charge is 0.493 e. The van der Waals surface area contributed by atoms with Crippen LogP contribution in [0, 0.1) is 5.82 Å². The number of methoxy groups -OCH3 is 1. The van der Waals surface area contributed by atoms with E-state index in [1.165, 1.54) is 19.2 Å². The highest BCUT2D eigenvalue weighted by Gasteiger charge is 2.32. The lowest BCUT2D eigenvalue weighted by atomic mass is 10.0. The molecule has 1 aromatic rings. The molecule has 0 fully saturated rings. The topological polar surface area (TPSA) is 35.2 Å². The van der Waals surface area contributed by atoms with Gasteiger partial charge in [-0.05, 0) is 6.07 Å². The fourth-order valence-corrected chi connectivity index (χ4v) is 1.39. The second-order valence-electron chi connectivity index (χ2n) is 3.29. The third kappa shape index (κ3) is 4.40. The average molecular weight is 274 g/mol. The van der Waals surface area contributed by atoms with Gasteiger partial charge in [0.2, 0.25) is 0 Å². The molecule has 0 saturated carbocycles. The lowest BCUT2D eigenvalue weighted by Gasteiger charge is -2.17. The Balaban J connectivity index is 0.00000256. The Kier molecular flexibility index (Phi) is 5.71. The molecule has 1 atom stereocenters. The van der Waals surface area contributed by atoms with Crippen LogP contribution in [-0.2, 0) is 0 Å². The van der Waals surface area contributed by atoms with Crippen LogP contribution in [0.1, 0.15) is 18.0 Å². The first-order valence-corrected chi connectivity index (χ1v) is 4.50. The number of benzene rings is 1. The highest BCUT2D eigenvalue weighted by Crippen LogP contribution is 2.33. The van der Waals surface area contributed by atoms with Gasteiger partial charge in [0.15, 0.2) is 11.6 Å². The van der Waals surface area contributed by atoms with Gasteiger partial charge in [-0.2, -0.15) is 13.2 Å². The van der Waals surface area contributed by atoms with Gasteiger partial charge in [0.05, 0.1) is 13.5 Å². The molecule has 0 amide bonds. The minimum Gasteiger partial charge on any atom is -0.493 e. The van der Waals surface area contributed by atoms with E-state index in [9.17, 15) is 17.6 Å². The van der Waals surface area contributed by atoms with Crippen LogP contribution in [0.5, 0.6) is 5.75 Å². The minimum atomic E-state index is -4.39. The summed E-state index contributed by atoms with van der Waals surface area (Å²) >= 11 is 0. The van der Waals surface area contributed by atoms with E-state index in [1.807, 2.05) is 0 Å². The van der Waals surface area contributed by atoms with Gasteiger partial charge in [-0.15, -0.1) is 12.4 Å². The third-order valence-electron chi connectivity index (χ3n) is 2.05. The molecular formula is C10H12ClF4NO. The third-order valence-corrected chi connectivity index (χ3v) is 2.05. The van der Waals surface area contributed by atoms with Crippen molar-refractivity contribution in [2.45, 2.75) is 18.6 Å². The Morgan fingerprint density at radius 1 is 1.35 bits per heavy atom. The van der Waals surface area contributed by atoms with Crippen LogP contribution in [0.25, 0.3) is 0 Å². The monoisotopic (exact) mass is 273 g/mol. The van der Waals surface area contributed by atoms with Crippen LogP contribution in [-0.4, -0.2) is 13.3 Å². The molecule has 0 saturated heterocycles. The molecule has 1 aromatic carbocycles. The smallest absolute Gasteiger partial charge is 0.390 e. The molecule has 17 heavy (non-hydrogen) atoms. The zero-order valence-corrected chi connectivity index (χ0v) is 9.74. The molecule has 0 aliphatic rings. The van der Waals surface area contributed by atoms with Gasteiger partial charge in [-0.1, -0.05) is 12.1 Å². The van der Waals surface area contributed by atoms with Crippen LogP contribution in [0.4, 0.5) is 17.6 Å². The van der Waals surface area contributed by atoms with Crippen molar-refractivity contribution >= 4 is 12.4 Å². The number of hydrogen-bond acceptors (Lipinski definition) is 2. The zero-order chi connectivity index (χ0) is 12.3. The summed E-state index contributed by atoms with van der Waals surface area (Å²) in [4.78, 5) is 0. The molecule has 0 spiro atoms. The first-order chi connectivity index (χ1) is 7.35. The highest BCUT2D eigenvalue weighted by molar-refractivity contribution is 5.85. The molecule has 0 aromatic heterocycles. The number of hydrogen-bond donors (Lipinski definition) is 1. The maximum absolute atomic E-state index is 13.2. The second-order valence-corrected chi connectivity index (χ2v) is 3.29. The van der Waals surface area contributed by atoms with E-state index < -0.39 is 24.5 Å². The summed E-state index contributed by atoms with van der Waals surface area (Å²) < 4.78 is 54.2. The molecule has 2 nitrogen and oxygen atoms in total. The predicted octanol–water partition coefficient (Wildman–Crippen LogP) is 3.21. The van der Waals surface area contributed by atoms with E-state index in [4.69, 9.17) is 5.73 Å². The van der Waals surface area contributed by atoms with Crippen molar-refractivity contribution in [2.24, 2.45) is 5.73 Å². The zero-order valence-electron chi connectivity index (χ0n) is 8.92. The number of para-hydroxylation sites is 1. The molecule has 1 rings (SSSR count). The van der Waals surface area contributed by atoms with E-state index in [0.717, 1.165) is 6.07 Å². The van der Waals surface area contributed by atoms with Crippen molar-refractivity contribution in [3.63, 3.8) is 0 Å². The number of halogens is 5. The summed E-state index contributed by atoms with van der Waals surface area (Å²) in [6, 6.07) is 2.38. The average Bonchev–Trinajstić information content (AvgIpc) is 2.14. The Hall–Kier alpha value is -1.01. The molecule has 0 aliphatic heterocycles. The number of rotatable bonds is 3. The number of alkyl halides is 3. The van der Waals surface area contributed by atoms with Gasteiger partial charge in [-0.3, -0.25) is 0 Å². The molecule has 0 aliphatic carbocycles.